The number of halogens is 3. The number of carbonyl (C=O) groups excluding carboxylic acids is 1. The van der Waals surface area contributed by atoms with Crippen molar-refractivity contribution in [2.75, 3.05) is 7.11 Å². The van der Waals surface area contributed by atoms with Crippen LogP contribution in [0, 0.1) is 23.7 Å². The van der Waals surface area contributed by atoms with Crippen molar-refractivity contribution in [2.45, 2.75) is 102 Å². The van der Waals surface area contributed by atoms with E-state index < -0.39 is 23.9 Å². The molecule has 1 aliphatic carbocycles. The number of hydrogen-bond acceptors (Lipinski definition) is 4. The maximum absolute atomic E-state index is 14.4. The third kappa shape index (κ3) is 4.87. The normalized spacial score (nSPS) is 36.1. The van der Waals surface area contributed by atoms with Crippen molar-refractivity contribution in [3.05, 3.63) is 47.5 Å². The molecule has 2 bridgehead atoms. The molecule has 7 heteroatoms. The Labute approximate surface area is 218 Å². The van der Waals surface area contributed by atoms with Crippen LogP contribution in [-0.4, -0.2) is 36.6 Å². The molecule has 2 aliphatic heterocycles. The Balaban J connectivity index is 1.52. The molecule has 3 aliphatic rings. The SMILES string of the molecule is CO[C@](C(=O)O[C@@H]1C=C(C)CCC1C(C)CC[C@@H]1[C@@H](C)[C@]2(C)CC[C@@]1(C)O2)(c1ccccc1)C(F)(F)F. The molecule has 4 rings (SSSR count). The summed E-state index contributed by atoms with van der Waals surface area (Å²) in [6.07, 6.45) is 1.76. The molecular formula is C30H41F3O4. The zero-order chi connectivity index (χ0) is 27.2. The summed E-state index contributed by atoms with van der Waals surface area (Å²) < 4.78 is 60.4. The van der Waals surface area contributed by atoms with E-state index in [4.69, 9.17) is 14.2 Å². The van der Waals surface area contributed by atoms with E-state index >= 15 is 0 Å². The molecule has 1 aromatic carbocycles. The molecule has 2 unspecified atom stereocenters. The Kier molecular flexibility index (Phi) is 7.63. The van der Waals surface area contributed by atoms with Crippen molar-refractivity contribution in [1.82, 2.24) is 0 Å². The number of esters is 1. The van der Waals surface area contributed by atoms with Crippen LogP contribution in [0.5, 0.6) is 0 Å². The van der Waals surface area contributed by atoms with Crippen LogP contribution in [0.25, 0.3) is 0 Å². The third-order valence-corrected chi connectivity index (χ3v) is 9.76. The molecule has 0 aromatic heterocycles. The molecule has 0 radical (unpaired) electrons. The summed E-state index contributed by atoms with van der Waals surface area (Å²) in [5.41, 5.74) is -2.62. The first kappa shape index (κ1) is 28.2. The summed E-state index contributed by atoms with van der Waals surface area (Å²) in [7, 11) is 0.906. The Morgan fingerprint density at radius 2 is 1.81 bits per heavy atom. The number of benzene rings is 1. The fourth-order valence-electron chi connectivity index (χ4n) is 7.25. The van der Waals surface area contributed by atoms with E-state index in [0.29, 0.717) is 11.8 Å². The Morgan fingerprint density at radius 3 is 2.38 bits per heavy atom. The number of rotatable bonds is 8. The quantitative estimate of drug-likeness (QED) is 0.264. The molecule has 0 N–H and O–H groups in total. The highest BCUT2D eigenvalue weighted by atomic mass is 19.4. The first-order valence-electron chi connectivity index (χ1n) is 13.5. The highest BCUT2D eigenvalue weighted by Crippen LogP contribution is 2.58. The summed E-state index contributed by atoms with van der Waals surface area (Å²) in [4.78, 5) is 13.3. The van der Waals surface area contributed by atoms with Gasteiger partial charge in [0.2, 0.25) is 0 Å². The fourth-order valence-corrected chi connectivity index (χ4v) is 7.25. The highest BCUT2D eigenvalue weighted by molar-refractivity contribution is 5.83. The second-order valence-electron chi connectivity index (χ2n) is 12.0. The number of methoxy groups -OCH3 is 1. The summed E-state index contributed by atoms with van der Waals surface area (Å²) in [6, 6.07) is 7.01. The minimum Gasteiger partial charge on any atom is -0.455 e. The summed E-state index contributed by atoms with van der Waals surface area (Å²) in [5, 5.41) is 0. The number of fused-ring (bicyclic) bond motifs is 2. The molecule has 0 spiro atoms. The van der Waals surface area contributed by atoms with E-state index in [0.717, 1.165) is 51.2 Å². The lowest BCUT2D eigenvalue weighted by Crippen LogP contribution is -2.53. The predicted octanol–water partition coefficient (Wildman–Crippen LogP) is 7.37. The van der Waals surface area contributed by atoms with Gasteiger partial charge in [-0.25, -0.2) is 4.79 Å². The van der Waals surface area contributed by atoms with Gasteiger partial charge in [-0.2, -0.15) is 13.2 Å². The third-order valence-electron chi connectivity index (χ3n) is 9.76. The van der Waals surface area contributed by atoms with Crippen LogP contribution in [0.2, 0.25) is 0 Å². The van der Waals surface area contributed by atoms with Gasteiger partial charge < -0.3 is 14.2 Å². The van der Waals surface area contributed by atoms with Crippen LogP contribution in [0.3, 0.4) is 0 Å². The lowest BCUT2D eigenvalue weighted by molar-refractivity contribution is -0.278. The molecule has 37 heavy (non-hydrogen) atoms. The summed E-state index contributed by atoms with van der Waals surface area (Å²) >= 11 is 0. The molecule has 1 aromatic rings. The minimum atomic E-state index is -4.99. The largest absolute Gasteiger partial charge is 0.455 e. The van der Waals surface area contributed by atoms with Gasteiger partial charge in [0.1, 0.15) is 6.10 Å². The van der Waals surface area contributed by atoms with Crippen LogP contribution < -0.4 is 0 Å². The number of alkyl halides is 3. The van der Waals surface area contributed by atoms with E-state index in [1.54, 1.807) is 6.07 Å². The smallest absolute Gasteiger partial charge is 0.432 e. The second-order valence-corrected chi connectivity index (χ2v) is 12.0. The molecule has 2 fully saturated rings. The van der Waals surface area contributed by atoms with E-state index in [1.165, 1.54) is 24.3 Å². The van der Waals surface area contributed by atoms with Gasteiger partial charge in [0.05, 0.1) is 11.2 Å². The summed E-state index contributed by atoms with van der Waals surface area (Å²) in [6.45, 7) is 10.8. The number of ether oxygens (including phenoxy) is 3. The maximum atomic E-state index is 14.4. The van der Waals surface area contributed by atoms with Gasteiger partial charge in [-0.15, -0.1) is 0 Å². The first-order valence-corrected chi connectivity index (χ1v) is 13.5. The van der Waals surface area contributed by atoms with Crippen LogP contribution >= 0.6 is 0 Å². The average molecular weight is 523 g/mol. The Bertz CT molecular complexity index is 1010. The molecule has 4 nitrogen and oxygen atoms in total. The average Bonchev–Trinajstić information content (AvgIpc) is 3.24. The topological polar surface area (TPSA) is 44.8 Å². The maximum Gasteiger partial charge on any atom is 0.432 e. The van der Waals surface area contributed by atoms with E-state index in [1.807, 2.05) is 13.0 Å². The summed E-state index contributed by atoms with van der Waals surface area (Å²) in [5.74, 6) is -0.410. The van der Waals surface area contributed by atoms with Gasteiger partial charge in [-0.05, 0) is 83.1 Å². The molecule has 0 amide bonds. The first-order chi connectivity index (χ1) is 17.3. The van der Waals surface area contributed by atoms with Crippen molar-refractivity contribution in [3.63, 3.8) is 0 Å². The van der Waals surface area contributed by atoms with Crippen LogP contribution in [0.15, 0.2) is 42.0 Å². The van der Waals surface area contributed by atoms with Gasteiger partial charge >= 0.3 is 12.1 Å². The predicted molar refractivity (Wildman–Crippen MR) is 136 cm³/mol. The van der Waals surface area contributed by atoms with E-state index in [9.17, 15) is 18.0 Å². The monoisotopic (exact) mass is 522 g/mol. The van der Waals surface area contributed by atoms with Crippen molar-refractivity contribution < 1.29 is 32.2 Å². The van der Waals surface area contributed by atoms with Crippen LogP contribution in [0.1, 0.15) is 78.7 Å². The zero-order valence-corrected chi connectivity index (χ0v) is 22.9. The van der Waals surface area contributed by atoms with Crippen LogP contribution in [0.4, 0.5) is 13.2 Å². The molecule has 0 saturated carbocycles. The molecule has 206 valence electrons. The van der Waals surface area contributed by atoms with Crippen LogP contribution in [-0.2, 0) is 24.6 Å². The van der Waals surface area contributed by atoms with Gasteiger partial charge in [-0.3, -0.25) is 0 Å². The van der Waals surface area contributed by atoms with E-state index in [-0.39, 0.29) is 28.6 Å². The Morgan fingerprint density at radius 1 is 1.16 bits per heavy atom. The molecular weight excluding hydrogens is 481 g/mol. The Hall–Kier alpha value is -1.86. The van der Waals surface area contributed by atoms with Crippen molar-refractivity contribution in [2.24, 2.45) is 23.7 Å². The molecule has 2 heterocycles. The van der Waals surface area contributed by atoms with Crippen molar-refractivity contribution in [1.29, 1.82) is 0 Å². The van der Waals surface area contributed by atoms with Gasteiger partial charge in [0, 0.05) is 18.6 Å². The highest BCUT2D eigenvalue weighted by Gasteiger charge is 2.64. The lowest BCUT2D eigenvalue weighted by atomic mass is 9.66. The molecule has 2 saturated heterocycles. The number of carbonyl (C=O) groups is 1. The van der Waals surface area contributed by atoms with Gasteiger partial charge in [-0.1, -0.05) is 49.8 Å². The zero-order valence-electron chi connectivity index (χ0n) is 22.9. The van der Waals surface area contributed by atoms with Gasteiger partial charge in [0.25, 0.3) is 5.60 Å². The van der Waals surface area contributed by atoms with Crippen molar-refractivity contribution in [3.8, 4) is 0 Å². The minimum absolute atomic E-state index is 0.0654. The lowest BCUT2D eigenvalue weighted by Gasteiger charge is -2.39. The number of allylic oxidation sites excluding steroid dienone is 1. The second kappa shape index (κ2) is 10.0. The number of hydrogen-bond donors (Lipinski definition) is 0. The molecule has 8 atom stereocenters. The standard InChI is InChI=1S/C30H41F3O4/c1-19-12-14-23(20(2)13-15-24-21(3)27(4)16-17-28(24,5)37-27)25(18-19)36-26(34)29(35-6,30(31,32)33)22-10-8-7-9-11-22/h7-11,18,20-21,23-25H,12-17H2,1-6H3/t20?,21-,23?,24-,25-,27+,28-,29+/m1/s1. The van der Waals surface area contributed by atoms with Crippen molar-refractivity contribution >= 4 is 5.97 Å². The van der Waals surface area contributed by atoms with E-state index in [2.05, 4.69) is 27.7 Å². The fraction of sp³-hybridized carbons (Fsp3) is 0.700. The van der Waals surface area contributed by atoms with Gasteiger partial charge in [0.15, 0.2) is 0 Å².